The van der Waals surface area contributed by atoms with Crippen molar-refractivity contribution in [3.05, 3.63) is 64.2 Å². The molecule has 11 heteroatoms. The Bertz CT molecular complexity index is 1460. The number of anilines is 2. The summed E-state index contributed by atoms with van der Waals surface area (Å²) in [6.45, 7) is 7.25. The summed E-state index contributed by atoms with van der Waals surface area (Å²) in [7, 11) is 0. The molecule has 10 nitrogen and oxygen atoms in total. The van der Waals surface area contributed by atoms with Gasteiger partial charge in [-0.15, -0.1) is 0 Å². The molecule has 2 aromatic carbocycles. The van der Waals surface area contributed by atoms with Crippen molar-refractivity contribution in [3.63, 3.8) is 0 Å². The van der Waals surface area contributed by atoms with Gasteiger partial charge in [-0.3, -0.25) is 4.90 Å². The summed E-state index contributed by atoms with van der Waals surface area (Å²) in [6, 6.07) is 13.8. The van der Waals surface area contributed by atoms with E-state index in [4.69, 9.17) is 36.5 Å². The average molecular weight is 608 g/mol. The predicted octanol–water partition coefficient (Wildman–Crippen LogP) is 3.65. The van der Waals surface area contributed by atoms with Gasteiger partial charge >= 0.3 is 5.97 Å². The van der Waals surface area contributed by atoms with E-state index in [1.165, 1.54) is 5.56 Å². The van der Waals surface area contributed by atoms with Crippen molar-refractivity contribution < 1.29 is 24.1 Å². The molecule has 3 aliphatic rings. The van der Waals surface area contributed by atoms with Crippen LogP contribution in [0.15, 0.2) is 42.5 Å². The van der Waals surface area contributed by atoms with Gasteiger partial charge in [0, 0.05) is 61.7 Å². The lowest BCUT2D eigenvalue weighted by molar-refractivity contribution is -0.193. The number of nitrogens with zero attached hydrogens (tertiary/aromatic N) is 4. The number of fused-ring (bicyclic) bond motifs is 3. The van der Waals surface area contributed by atoms with E-state index in [-0.39, 0.29) is 18.7 Å². The average Bonchev–Trinajstić information content (AvgIpc) is 2.99. The first kappa shape index (κ1) is 29.6. The maximum Gasteiger partial charge on any atom is 0.338 e. The molecule has 0 radical (unpaired) electrons. The van der Waals surface area contributed by atoms with Crippen LogP contribution in [-0.2, 0) is 33.7 Å². The number of esters is 1. The van der Waals surface area contributed by atoms with Gasteiger partial charge in [-0.25, -0.2) is 9.78 Å². The fourth-order valence-corrected chi connectivity index (χ4v) is 6.21. The molecular weight excluding hydrogens is 570 g/mol. The van der Waals surface area contributed by atoms with Crippen molar-refractivity contribution in [3.8, 4) is 17.0 Å². The number of halogens is 1. The SMILES string of the molecule is CCOC(=O)[C@]1(O)C[C@H](OCCN2CCN(c3nc(N)nc4c3CCc3cc(OCc5ccc(Cl)cc5)ccc3-4)CC2)C1. The van der Waals surface area contributed by atoms with E-state index in [9.17, 15) is 9.90 Å². The second-order valence-electron chi connectivity index (χ2n) is 11.4. The molecule has 1 aromatic heterocycles. The summed E-state index contributed by atoms with van der Waals surface area (Å²) in [5.74, 6) is 1.49. The highest BCUT2D eigenvalue weighted by atomic mass is 35.5. The number of carbonyl (C=O) groups excluding carboxylic acids is 1. The largest absolute Gasteiger partial charge is 0.489 e. The Morgan fingerprint density at radius 2 is 1.86 bits per heavy atom. The summed E-state index contributed by atoms with van der Waals surface area (Å²) in [5.41, 5.74) is 10.2. The lowest BCUT2D eigenvalue weighted by Gasteiger charge is -2.41. The van der Waals surface area contributed by atoms with Gasteiger partial charge in [0.1, 0.15) is 18.2 Å². The third kappa shape index (κ3) is 6.57. The lowest BCUT2D eigenvalue weighted by Crippen LogP contribution is -2.55. The first-order valence-electron chi connectivity index (χ1n) is 15.0. The molecule has 0 amide bonds. The molecular formula is C32H38ClN5O5. The van der Waals surface area contributed by atoms with Crippen LogP contribution in [0.25, 0.3) is 11.3 Å². The van der Waals surface area contributed by atoms with Crippen molar-refractivity contribution in [2.75, 3.05) is 56.6 Å². The van der Waals surface area contributed by atoms with Crippen LogP contribution in [0.3, 0.4) is 0 Å². The number of aromatic nitrogens is 2. The topological polar surface area (TPSA) is 123 Å². The third-order valence-corrected chi connectivity index (χ3v) is 8.77. The Morgan fingerprint density at radius 3 is 2.60 bits per heavy atom. The Balaban J connectivity index is 1.03. The first-order chi connectivity index (χ1) is 20.8. The molecule has 228 valence electrons. The molecule has 1 saturated carbocycles. The maximum atomic E-state index is 11.9. The maximum absolute atomic E-state index is 11.9. The number of aliphatic hydroxyl groups is 1. The quantitative estimate of drug-likeness (QED) is 0.330. The van der Waals surface area contributed by atoms with Crippen LogP contribution in [0.4, 0.5) is 11.8 Å². The normalized spacial score (nSPS) is 21.5. The minimum atomic E-state index is -1.39. The molecule has 2 fully saturated rings. The molecule has 0 bridgehead atoms. The first-order valence-corrected chi connectivity index (χ1v) is 15.3. The Morgan fingerprint density at radius 1 is 1.09 bits per heavy atom. The number of piperazine rings is 1. The van der Waals surface area contributed by atoms with Crippen LogP contribution in [0.1, 0.15) is 36.5 Å². The zero-order valence-electron chi connectivity index (χ0n) is 24.4. The predicted molar refractivity (Wildman–Crippen MR) is 164 cm³/mol. The standard InChI is InChI=1S/C32H38ClN5O5/c1-2-41-30(39)32(40)18-25(19-32)42-16-15-37-11-13-38(14-12-37)29-27-9-5-22-17-24(43-20-21-3-6-23(33)7-4-21)8-10-26(22)28(27)35-31(34)36-29/h3-4,6-8,10,17,25,40H,2,5,9,11-16,18-20H2,1H3,(H2,34,35,36)/t25-,32-. The summed E-state index contributed by atoms with van der Waals surface area (Å²) in [6.07, 6.45) is 2.19. The number of benzene rings is 2. The monoisotopic (exact) mass is 607 g/mol. The number of nitrogen functional groups attached to an aromatic ring is 1. The van der Waals surface area contributed by atoms with Gasteiger partial charge in [0.2, 0.25) is 5.95 Å². The highest BCUT2D eigenvalue weighted by molar-refractivity contribution is 6.30. The summed E-state index contributed by atoms with van der Waals surface area (Å²) >= 11 is 6.00. The molecule has 0 unspecified atom stereocenters. The molecule has 0 atom stereocenters. The van der Waals surface area contributed by atoms with Crippen molar-refractivity contribution >= 4 is 29.3 Å². The van der Waals surface area contributed by atoms with Gasteiger partial charge in [0.15, 0.2) is 5.60 Å². The molecule has 3 aromatic rings. The number of ether oxygens (including phenoxy) is 3. The number of hydrogen-bond acceptors (Lipinski definition) is 10. The van der Waals surface area contributed by atoms with Crippen LogP contribution < -0.4 is 15.4 Å². The van der Waals surface area contributed by atoms with E-state index in [1.807, 2.05) is 30.3 Å². The van der Waals surface area contributed by atoms with Crippen molar-refractivity contribution in [1.82, 2.24) is 14.9 Å². The summed E-state index contributed by atoms with van der Waals surface area (Å²) in [5, 5.41) is 11.0. The fourth-order valence-electron chi connectivity index (χ4n) is 6.08. The van der Waals surface area contributed by atoms with Gasteiger partial charge in [-0.05, 0) is 61.2 Å². The van der Waals surface area contributed by atoms with Gasteiger partial charge in [-0.1, -0.05) is 23.7 Å². The van der Waals surface area contributed by atoms with Crippen LogP contribution in [0, 0.1) is 0 Å². The van der Waals surface area contributed by atoms with Gasteiger partial charge < -0.3 is 30.0 Å². The van der Waals surface area contributed by atoms with Crippen LogP contribution in [-0.4, -0.2) is 83.6 Å². The highest BCUT2D eigenvalue weighted by Gasteiger charge is 2.50. The number of hydrogen-bond donors (Lipinski definition) is 2. The van der Waals surface area contributed by atoms with Crippen molar-refractivity contribution in [1.29, 1.82) is 0 Å². The van der Waals surface area contributed by atoms with E-state index in [0.29, 0.717) is 31.1 Å². The Labute approximate surface area is 256 Å². The van der Waals surface area contributed by atoms with Crippen molar-refractivity contribution in [2.24, 2.45) is 0 Å². The van der Waals surface area contributed by atoms with Crippen LogP contribution >= 0.6 is 11.6 Å². The number of carbonyl (C=O) groups is 1. The molecule has 2 heterocycles. The smallest absolute Gasteiger partial charge is 0.338 e. The van der Waals surface area contributed by atoms with E-state index < -0.39 is 11.6 Å². The number of nitrogens with two attached hydrogens (primary N) is 1. The summed E-state index contributed by atoms with van der Waals surface area (Å²) in [4.78, 5) is 25.9. The molecule has 43 heavy (non-hydrogen) atoms. The van der Waals surface area contributed by atoms with Crippen LogP contribution in [0.2, 0.25) is 5.02 Å². The third-order valence-electron chi connectivity index (χ3n) is 8.52. The Hall–Kier alpha value is -3.44. The molecule has 1 saturated heterocycles. The highest BCUT2D eigenvalue weighted by Crippen LogP contribution is 2.39. The van der Waals surface area contributed by atoms with Crippen LogP contribution in [0.5, 0.6) is 5.75 Å². The number of rotatable bonds is 10. The van der Waals surface area contributed by atoms with E-state index in [2.05, 4.69) is 26.9 Å². The van der Waals surface area contributed by atoms with Gasteiger partial charge in [0.25, 0.3) is 0 Å². The zero-order chi connectivity index (χ0) is 30.0. The minimum Gasteiger partial charge on any atom is -0.489 e. The van der Waals surface area contributed by atoms with Gasteiger partial charge in [-0.2, -0.15) is 4.98 Å². The molecule has 3 N–H and O–H groups in total. The van der Waals surface area contributed by atoms with E-state index in [0.717, 1.165) is 79.5 Å². The Kier molecular flexibility index (Phi) is 8.72. The lowest BCUT2D eigenvalue weighted by atomic mass is 9.77. The second-order valence-corrected chi connectivity index (χ2v) is 11.9. The second kappa shape index (κ2) is 12.7. The zero-order valence-corrected chi connectivity index (χ0v) is 25.2. The fraction of sp³-hybridized carbons (Fsp3) is 0.469. The molecule has 0 spiro atoms. The van der Waals surface area contributed by atoms with Gasteiger partial charge in [0.05, 0.1) is 25.0 Å². The molecule has 1 aliphatic heterocycles. The van der Waals surface area contributed by atoms with E-state index >= 15 is 0 Å². The molecule has 2 aliphatic carbocycles. The summed E-state index contributed by atoms with van der Waals surface area (Å²) < 4.78 is 16.9. The van der Waals surface area contributed by atoms with Crippen molar-refractivity contribution in [2.45, 2.75) is 50.9 Å². The minimum absolute atomic E-state index is 0.111. The number of aryl methyl sites for hydroxylation is 1. The van der Waals surface area contributed by atoms with E-state index in [1.54, 1.807) is 6.92 Å². The molecule has 6 rings (SSSR count).